The van der Waals surface area contributed by atoms with Crippen LogP contribution in [-0.4, -0.2) is 18.5 Å². The van der Waals surface area contributed by atoms with Gasteiger partial charge in [0.25, 0.3) is 5.91 Å². The quantitative estimate of drug-likeness (QED) is 0.231. The molecule has 0 aliphatic carbocycles. The van der Waals surface area contributed by atoms with Crippen LogP contribution in [0.4, 0.5) is 10.1 Å². The lowest BCUT2D eigenvalue weighted by atomic mass is 9.97. The number of benzene rings is 3. The number of carbonyl (C=O) groups is 2. The van der Waals surface area contributed by atoms with Gasteiger partial charge in [-0.3, -0.25) is 14.5 Å². The number of carbonyl (C=O) groups excluding carboxylic acids is 2. The van der Waals surface area contributed by atoms with Gasteiger partial charge in [-0.1, -0.05) is 25.5 Å². The Morgan fingerprint density at radius 2 is 1.68 bits per heavy atom. The smallest absolute Gasteiger partial charge is 0.338 e. The zero-order valence-corrected chi connectivity index (χ0v) is 20.8. The van der Waals surface area contributed by atoms with E-state index in [0.717, 1.165) is 24.0 Å². The van der Waals surface area contributed by atoms with Gasteiger partial charge in [-0.05, 0) is 85.5 Å². The fraction of sp³-hybridized carbons (Fsp3) is 0.233. The summed E-state index contributed by atoms with van der Waals surface area (Å²) in [7, 11) is 0. The van der Waals surface area contributed by atoms with Crippen molar-refractivity contribution in [1.29, 1.82) is 0 Å². The van der Waals surface area contributed by atoms with Crippen molar-refractivity contribution >= 4 is 28.5 Å². The van der Waals surface area contributed by atoms with Crippen LogP contribution in [0.25, 0.3) is 11.0 Å². The molecule has 5 rings (SSSR count). The summed E-state index contributed by atoms with van der Waals surface area (Å²) in [5.74, 6) is -1.40. The average molecular weight is 500 g/mol. The van der Waals surface area contributed by atoms with Crippen LogP contribution in [0.3, 0.4) is 0 Å². The van der Waals surface area contributed by atoms with Crippen molar-refractivity contribution in [2.45, 2.75) is 39.7 Å². The number of amides is 1. The minimum absolute atomic E-state index is 0.0434. The highest BCUT2D eigenvalue weighted by Crippen LogP contribution is 2.41. The van der Waals surface area contributed by atoms with E-state index in [2.05, 4.69) is 0 Å². The molecule has 37 heavy (non-hydrogen) atoms. The first-order valence-corrected chi connectivity index (χ1v) is 12.2. The van der Waals surface area contributed by atoms with Crippen molar-refractivity contribution in [2.24, 2.45) is 0 Å². The Kier molecular flexibility index (Phi) is 6.38. The highest BCUT2D eigenvalue weighted by molar-refractivity contribution is 6.10. The third-order valence-electron chi connectivity index (χ3n) is 6.78. The van der Waals surface area contributed by atoms with Crippen molar-refractivity contribution in [3.63, 3.8) is 0 Å². The fourth-order valence-electron chi connectivity index (χ4n) is 4.61. The van der Waals surface area contributed by atoms with Gasteiger partial charge in [-0.15, -0.1) is 0 Å². The van der Waals surface area contributed by atoms with Crippen LogP contribution in [0, 0.1) is 19.7 Å². The SMILES string of the molecule is CCCCOC(=O)c1ccc(N2C(=O)c3oc4cc(C)c(C)cc4c(=O)c3C2c2ccc(F)cc2)cc1. The summed E-state index contributed by atoms with van der Waals surface area (Å²) >= 11 is 0. The van der Waals surface area contributed by atoms with Gasteiger partial charge in [0.05, 0.1) is 29.2 Å². The lowest BCUT2D eigenvalue weighted by Crippen LogP contribution is -2.29. The summed E-state index contributed by atoms with van der Waals surface area (Å²) < 4.78 is 25.1. The Morgan fingerprint density at radius 1 is 1.00 bits per heavy atom. The zero-order chi connectivity index (χ0) is 26.3. The first-order chi connectivity index (χ1) is 17.8. The summed E-state index contributed by atoms with van der Waals surface area (Å²) in [4.78, 5) is 41.3. The van der Waals surface area contributed by atoms with Gasteiger partial charge in [0.2, 0.25) is 5.76 Å². The number of halogens is 1. The largest absolute Gasteiger partial charge is 0.462 e. The van der Waals surface area contributed by atoms with Gasteiger partial charge in [0.1, 0.15) is 11.4 Å². The number of anilines is 1. The van der Waals surface area contributed by atoms with E-state index in [9.17, 15) is 18.8 Å². The lowest BCUT2D eigenvalue weighted by molar-refractivity contribution is 0.0499. The number of unbranched alkanes of at least 4 members (excludes halogenated alkanes) is 1. The summed E-state index contributed by atoms with van der Waals surface area (Å²) in [5.41, 5.74) is 3.49. The van der Waals surface area contributed by atoms with Gasteiger partial charge < -0.3 is 9.15 Å². The van der Waals surface area contributed by atoms with Gasteiger partial charge in [0, 0.05) is 5.69 Å². The Balaban J connectivity index is 1.63. The van der Waals surface area contributed by atoms with Gasteiger partial charge in [-0.25, -0.2) is 9.18 Å². The summed E-state index contributed by atoms with van der Waals surface area (Å²) in [5, 5.41) is 0.383. The minimum atomic E-state index is -0.826. The van der Waals surface area contributed by atoms with Gasteiger partial charge >= 0.3 is 5.97 Å². The molecule has 0 fully saturated rings. The van der Waals surface area contributed by atoms with Crippen LogP contribution in [0.1, 0.15) is 69.0 Å². The first kappa shape index (κ1) is 24.4. The number of rotatable bonds is 6. The van der Waals surface area contributed by atoms with Crippen LogP contribution >= 0.6 is 0 Å². The topological polar surface area (TPSA) is 76.8 Å². The molecule has 1 aromatic heterocycles. The van der Waals surface area contributed by atoms with Crippen molar-refractivity contribution in [3.8, 4) is 0 Å². The maximum absolute atomic E-state index is 13.8. The molecular formula is C30H26FNO5. The van der Waals surface area contributed by atoms with Crippen LogP contribution in [0.2, 0.25) is 0 Å². The summed E-state index contributed by atoms with van der Waals surface area (Å²) in [6, 6.07) is 14.8. The van der Waals surface area contributed by atoms with Crippen molar-refractivity contribution in [1.82, 2.24) is 0 Å². The molecule has 3 aromatic carbocycles. The highest BCUT2D eigenvalue weighted by atomic mass is 19.1. The van der Waals surface area contributed by atoms with Crippen LogP contribution < -0.4 is 10.3 Å². The van der Waals surface area contributed by atoms with Crippen LogP contribution in [-0.2, 0) is 4.74 Å². The fourth-order valence-corrected chi connectivity index (χ4v) is 4.61. The number of nitrogens with zero attached hydrogens (tertiary/aromatic N) is 1. The highest BCUT2D eigenvalue weighted by Gasteiger charge is 2.43. The second-order valence-corrected chi connectivity index (χ2v) is 9.27. The number of esters is 1. The maximum atomic E-state index is 13.8. The normalized spacial score (nSPS) is 14.8. The van der Waals surface area contributed by atoms with E-state index in [1.165, 1.54) is 17.0 Å². The van der Waals surface area contributed by atoms with E-state index in [4.69, 9.17) is 9.15 Å². The third kappa shape index (κ3) is 4.31. The molecule has 2 heterocycles. The second-order valence-electron chi connectivity index (χ2n) is 9.27. The Morgan fingerprint density at radius 3 is 2.35 bits per heavy atom. The Hall–Kier alpha value is -4.26. The summed E-state index contributed by atoms with van der Waals surface area (Å²) in [6.45, 7) is 6.16. The molecule has 0 saturated carbocycles. The molecule has 1 unspecified atom stereocenters. The molecule has 1 aliphatic heterocycles. The van der Waals surface area contributed by atoms with Crippen molar-refractivity contribution in [3.05, 3.63) is 110 Å². The monoisotopic (exact) mass is 499 g/mol. The number of hydrogen-bond donors (Lipinski definition) is 0. The lowest BCUT2D eigenvalue weighted by Gasteiger charge is -2.25. The molecule has 1 atom stereocenters. The van der Waals surface area contributed by atoms with E-state index in [0.29, 0.717) is 34.4 Å². The minimum Gasteiger partial charge on any atom is -0.462 e. The standard InChI is InChI=1S/C30H26FNO5/c1-4-5-14-36-30(35)20-8-12-22(13-9-20)32-26(19-6-10-21(31)11-7-19)25-27(33)23-15-17(2)18(3)16-24(23)37-28(25)29(32)34/h6-13,15-16,26H,4-5,14H2,1-3H3. The molecule has 6 nitrogen and oxygen atoms in total. The van der Waals surface area contributed by atoms with E-state index in [-0.39, 0.29) is 16.8 Å². The second kappa shape index (κ2) is 9.65. The zero-order valence-electron chi connectivity index (χ0n) is 20.8. The molecule has 0 saturated heterocycles. The molecule has 4 aromatic rings. The number of aryl methyl sites for hydroxylation is 2. The average Bonchev–Trinajstić information content (AvgIpc) is 3.18. The molecule has 188 valence electrons. The Labute approximate surface area is 213 Å². The van der Waals surface area contributed by atoms with Gasteiger partial charge in [-0.2, -0.15) is 0 Å². The molecule has 1 amide bonds. The third-order valence-corrected chi connectivity index (χ3v) is 6.78. The van der Waals surface area contributed by atoms with Crippen LogP contribution in [0.15, 0.2) is 69.9 Å². The maximum Gasteiger partial charge on any atom is 0.338 e. The number of fused-ring (bicyclic) bond motifs is 2. The van der Waals surface area contributed by atoms with Gasteiger partial charge in [0.15, 0.2) is 5.43 Å². The van der Waals surface area contributed by atoms with E-state index in [1.54, 1.807) is 48.5 Å². The van der Waals surface area contributed by atoms with Crippen molar-refractivity contribution in [2.75, 3.05) is 11.5 Å². The molecule has 0 radical (unpaired) electrons. The van der Waals surface area contributed by atoms with E-state index >= 15 is 0 Å². The molecule has 0 spiro atoms. The van der Waals surface area contributed by atoms with E-state index in [1.807, 2.05) is 20.8 Å². The molecule has 7 heteroatoms. The molecular weight excluding hydrogens is 473 g/mol. The van der Waals surface area contributed by atoms with Crippen LogP contribution in [0.5, 0.6) is 0 Å². The first-order valence-electron chi connectivity index (χ1n) is 12.2. The Bertz CT molecular complexity index is 1570. The molecule has 0 N–H and O–H groups in total. The predicted molar refractivity (Wildman–Crippen MR) is 139 cm³/mol. The van der Waals surface area contributed by atoms with Crippen molar-refractivity contribution < 1.29 is 23.1 Å². The van der Waals surface area contributed by atoms with E-state index < -0.39 is 23.7 Å². The predicted octanol–water partition coefficient (Wildman–Crippen LogP) is 6.26. The molecule has 1 aliphatic rings. The number of ether oxygens (including phenoxy) is 1. The molecule has 0 bridgehead atoms. The summed E-state index contributed by atoms with van der Waals surface area (Å²) in [6.07, 6.45) is 1.69. The number of hydrogen-bond acceptors (Lipinski definition) is 5.